The van der Waals surface area contributed by atoms with E-state index in [4.69, 9.17) is 0 Å². The monoisotopic (exact) mass is 332 g/mol. The summed E-state index contributed by atoms with van der Waals surface area (Å²) in [5.74, 6) is -1.78. The maximum absolute atomic E-state index is 13.1. The van der Waals surface area contributed by atoms with Crippen molar-refractivity contribution in [3.63, 3.8) is 0 Å². The van der Waals surface area contributed by atoms with Gasteiger partial charge in [-0.1, -0.05) is 0 Å². The molecule has 16 heavy (non-hydrogen) atoms. The number of rotatable bonds is 0. The Morgan fingerprint density at radius 2 is 0.938 bits per heavy atom. The van der Waals surface area contributed by atoms with E-state index in [2.05, 4.69) is 29.4 Å². The van der Waals surface area contributed by atoms with Crippen molar-refractivity contribution in [2.75, 3.05) is 42.3 Å². The molecule has 0 spiro atoms. The molecule has 94 valence electrons. The van der Waals surface area contributed by atoms with Gasteiger partial charge in [-0.25, -0.2) is 0 Å². The summed E-state index contributed by atoms with van der Waals surface area (Å²) >= 11 is 3.28. The zero-order valence-electron chi connectivity index (χ0n) is 10.4. The first-order valence-electron chi connectivity index (χ1n) is 4.85. The molecule has 3 rings (SSSR count). The van der Waals surface area contributed by atoms with E-state index in [0.717, 1.165) is 0 Å². The van der Waals surface area contributed by atoms with Crippen LogP contribution in [0.3, 0.4) is 0 Å². The molecule has 0 atom stereocenters. The fourth-order valence-electron chi connectivity index (χ4n) is 2.14. The van der Waals surface area contributed by atoms with Crippen LogP contribution in [-0.2, 0) is 4.57 Å². The molecule has 0 saturated carbocycles. The van der Waals surface area contributed by atoms with E-state index in [1.54, 1.807) is 0 Å². The van der Waals surface area contributed by atoms with Gasteiger partial charge in [-0.05, 0) is 0 Å². The van der Waals surface area contributed by atoms with Crippen LogP contribution in [0.25, 0.3) is 0 Å². The number of hydrogen-bond donors (Lipinski definition) is 0. The van der Waals surface area contributed by atoms with E-state index in [9.17, 15) is 4.57 Å². The number of fused-ring (bicyclic) bond motifs is 3. The average Bonchev–Trinajstić information content (AvgIpc) is 2.27. The molecule has 0 amide bonds. The molecule has 0 aromatic rings. The summed E-state index contributed by atoms with van der Waals surface area (Å²) < 4.78 is 24.8. The molecule has 3 aliphatic rings. The van der Waals surface area contributed by atoms with Crippen LogP contribution in [0.2, 0.25) is 0 Å². The van der Waals surface area contributed by atoms with Gasteiger partial charge in [-0.2, -0.15) is 0 Å². The summed E-state index contributed by atoms with van der Waals surface area (Å²) in [6.07, 6.45) is 0. The standard InChI is InChI=1S/C6H18N6OP2Se/c1-7-10(4)15(16)11(5)8(2)14(7,13)9(3)12(15)6/h1-6H3. The van der Waals surface area contributed by atoms with E-state index < -0.39 is 13.6 Å². The molecule has 2 bridgehead atoms. The van der Waals surface area contributed by atoms with Gasteiger partial charge in [0.25, 0.3) is 0 Å². The first-order valence-corrected chi connectivity index (χ1v) is 10.3. The molecule has 0 N–H and O–H groups in total. The molecule has 3 aliphatic heterocycles. The zero-order chi connectivity index (χ0) is 12.5. The molecular formula is C6H18N6OP2Se. The fraction of sp³-hybridized carbons (Fsp3) is 1.00. The third-order valence-electron chi connectivity index (χ3n) is 3.52. The van der Waals surface area contributed by atoms with Gasteiger partial charge in [0.15, 0.2) is 0 Å². The van der Waals surface area contributed by atoms with Gasteiger partial charge in [0.2, 0.25) is 0 Å². The Balaban J connectivity index is 2.67. The molecule has 0 aliphatic carbocycles. The van der Waals surface area contributed by atoms with Crippen molar-refractivity contribution in [1.29, 1.82) is 0 Å². The van der Waals surface area contributed by atoms with Crippen LogP contribution >= 0.6 is 13.6 Å². The first-order chi connectivity index (χ1) is 7.20. The van der Waals surface area contributed by atoms with Crippen LogP contribution in [0.15, 0.2) is 0 Å². The summed E-state index contributed by atoms with van der Waals surface area (Å²) in [5.41, 5.74) is 0. The van der Waals surface area contributed by atoms with Crippen LogP contribution < -0.4 is 0 Å². The predicted molar refractivity (Wildman–Crippen MR) is 66.9 cm³/mol. The Labute approximate surface area is 104 Å². The van der Waals surface area contributed by atoms with E-state index in [0.29, 0.717) is 0 Å². The molecule has 10 heteroatoms. The third-order valence-corrected chi connectivity index (χ3v) is 14.5. The molecule has 3 heterocycles. The van der Waals surface area contributed by atoms with Gasteiger partial charge < -0.3 is 0 Å². The second kappa shape index (κ2) is 3.72. The second-order valence-corrected chi connectivity index (χ2v) is 12.6. The normalized spacial score (nSPS) is 45.6. The van der Waals surface area contributed by atoms with E-state index >= 15 is 0 Å². The van der Waals surface area contributed by atoms with Gasteiger partial charge in [0.05, 0.1) is 0 Å². The molecule has 0 aromatic heterocycles. The van der Waals surface area contributed by atoms with Crippen molar-refractivity contribution in [3.8, 4) is 0 Å². The van der Waals surface area contributed by atoms with Crippen molar-refractivity contribution >= 4 is 28.7 Å². The summed E-state index contributed by atoms with van der Waals surface area (Å²) in [5, 5.41) is 0. The van der Waals surface area contributed by atoms with Crippen LogP contribution in [0.1, 0.15) is 0 Å². The van der Waals surface area contributed by atoms with Crippen LogP contribution in [-0.4, -0.2) is 86.1 Å². The molecule has 3 fully saturated rings. The van der Waals surface area contributed by atoms with E-state index in [1.165, 1.54) is 0 Å². The Bertz CT molecular complexity index is 323. The van der Waals surface area contributed by atoms with Gasteiger partial charge in [0.1, 0.15) is 0 Å². The zero-order valence-corrected chi connectivity index (χ0v) is 13.9. The number of nitrogens with zero attached hydrogens (tertiary/aromatic N) is 6. The minimum absolute atomic E-state index is 1.78. The Morgan fingerprint density at radius 3 is 1.19 bits per heavy atom. The van der Waals surface area contributed by atoms with Crippen molar-refractivity contribution in [2.24, 2.45) is 0 Å². The van der Waals surface area contributed by atoms with Gasteiger partial charge >= 0.3 is 104 Å². The van der Waals surface area contributed by atoms with Gasteiger partial charge in [-0.15, -0.1) is 0 Å². The van der Waals surface area contributed by atoms with Crippen LogP contribution in [0.5, 0.6) is 0 Å². The van der Waals surface area contributed by atoms with Gasteiger partial charge in [-0.3, -0.25) is 0 Å². The van der Waals surface area contributed by atoms with Crippen LogP contribution in [0.4, 0.5) is 0 Å². The van der Waals surface area contributed by atoms with Crippen molar-refractivity contribution in [3.05, 3.63) is 0 Å². The molecular weight excluding hydrogens is 313 g/mol. The summed E-state index contributed by atoms with van der Waals surface area (Å²) in [7, 11) is 8.83. The van der Waals surface area contributed by atoms with Crippen LogP contribution in [0, 0.1) is 0 Å². The summed E-state index contributed by atoms with van der Waals surface area (Å²) in [6, 6.07) is 0. The first kappa shape index (κ1) is 13.4. The molecule has 0 radical (unpaired) electrons. The maximum atomic E-state index is 13.1. The summed E-state index contributed by atoms with van der Waals surface area (Å²) in [4.78, 5) is 0. The number of hydrazine groups is 3. The van der Waals surface area contributed by atoms with Crippen molar-refractivity contribution < 1.29 is 4.57 Å². The van der Waals surface area contributed by atoms with E-state index in [-0.39, 0.29) is 0 Å². The average molecular weight is 331 g/mol. The quantitative estimate of drug-likeness (QED) is 0.467. The Morgan fingerprint density at radius 1 is 0.688 bits per heavy atom. The molecule has 0 aromatic carbocycles. The Kier molecular flexibility index (Phi) is 3.11. The topological polar surface area (TPSA) is 36.5 Å². The SMILES string of the molecule is CN1N(C)P2(=[Se])N(C)N(C)P1(=O)N(C)N2C. The predicted octanol–water partition coefficient (Wildman–Crippen LogP) is 0.304. The summed E-state index contributed by atoms with van der Waals surface area (Å²) in [6.45, 7) is 0. The third kappa shape index (κ3) is 1.21. The second-order valence-electron chi connectivity index (χ2n) is 3.96. The number of hydrogen-bond acceptors (Lipinski definition) is 4. The van der Waals surface area contributed by atoms with E-state index in [1.807, 2.05) is 56.6 Å². The van der Waals surface area contributed by atoms with Gasteiger partial charge in [0, 0.05) is 0 Å². The minimum atomic E-state index is -2.73. The fourth-order valence-corrected chi connectivity index (χ4v) is 11.5. The molecule has 7 nitrogen and oxygen atoms in total. The molecule has 3 saturated heterocycles. The molecule has 0 unspecified atom stereocenters. The van der Waals surface area contributed by atoms with Crippen molar-refractivity contribution in [2.45, 2.75) is 0 Å². The Hall–Kier alpha value is 0.939. The van der Waals surface area contributed by atoms with Crippen molar-refractivity contribution in [1.82, 2.24) is 28.7 Å².